The van der Waals surface area contributed by atoms with Crippen LogP contribution in [0.5, 0.6) is 0 Å². The largest absolute Gasteiger partial charge is 0.480 e. The number of aldehydes is 1. The average molecular weight is 613 g/mol. The predicted molar refractivity (Wildman–Crippen MR) is 131 cm³/mol. The monoisotopic (exact) mass is 613 g/mol. The molecule has 19 nitrogen and oxygen atoms in total. The molecule has 1 aromatic heterocycles. The second-order valence-electron chi connectivity index (χ2n) is 8.04. The van der Waals surface area contributed by atoms with Crippen molar-refractivity contribution in [3.05, 3.63) is 22.7 Å². The number of hydrogen-bond donors (Lipinski definition) is 5. The second kappa shape index (κ2) is 14.9. The Morgan fingerprint density at radius 3 is 2.73 bits per heavy atom. The number of nitrogens with one attached hydrogen (secondary N) is 2. The summed E-state index contributed by atoms with van der Waals surface area (Å²) in [6.07, 6.45) is -0.892. The number of aliphatic carboxylic acids is 1. The van der Waals surface area contributed by atoms with E-state index in [-0.39, 0.29) is 25.3 Å². The molecule has 1 saturated heterocycles. The van der Waals surface area contributed by atoms with Crippen LogP contribution in [-0.2, 0) is 52.1 Å². The number of aromatic nitrogens is 2. The van der Waals surface area contributed by atoms with Crippen LogP contribution < -0.4 is 22.1 Å². The number of rotatable bonds is 17. The van der Waals surface area contributed by atoms with Gasteiger partial charge >= 0.3 is 19.5 Å². The number of hydrogen-bond acceptors (Lipinski definition) is 14. The summed E-state index contributed by atoms with van der Waals surface area (Å²) in [5.41, 5.74) is 4.71. The Balaban J connectivity index is 1.86. The van der Waals surface area contributed by atoms with E-state index in [2.05, 4.69) is 14.8 Å². The van der Waals surface area contributed by atoms with Gasteiger partial charge < -0.3 is 40.6 Å². The Morgan fingerprint density at radius 2 is 2.08 bits per heavy atom. The first kappa shape index (κ1) is 32.9. The van der Waals surface area contributed by atoms with Gasteiger partial charge in [0.05, 0.1) is 24.7 Å². The lowest BCUT2D eigenvalue weighted by atomic mass is 10.2. The van der Waals surface area contributed by atoms with E-state index in [1.54, 1.807) is 0 Å². The number of sulfone groups is 1. The van der Waals surface area contributed by atoms with E-state index in [0.29, 0.717) is 6.29 Å². The number of anilines is 1. The number of carbonyl (C=O) groups excluding carboxylic acids is 3. The quantitative estimate of drug-likeness (QED) is 0.0859. The minimum atomic E-state index is -4.82. The summed E-state index contributed by atoms with van der Waals surface area (Å²) in [5, 5.41) is 12.7. The van der Waals surface area contributed by atoms with Gasteiger partial charge in [-0.1, -0.05) is 0 Å². The lowest BCUT2D eigenvalue weighted by Crippen LogP contribution is -2.51. The van der Waals surface area contributed by atoms with Crippen molar-refractivity contribution < 1.29 is 60.7 Å². The molecular weight excluding hydrogens is 585 g/mol. The zero-order chi connectivity index (χ0) is 29.9. The molecule has 2 rings (SSSR count). The summed E-state index contributed by atoms with van der Waals surface area (Å²) in [7, 11) is -9.05. The fourth-order valence-corrected chi connectivity index (χ4v) is 5.13. The maximum atomic E-state index is 12.5. The molecule has 224 valence electrons. The molecule has 4 unspecified atom stereocenters. The van der Waals surface area contributed by atoms with Crippen LogP contribution in [0.15, 0.2) is 17.1 Å². The van der Waals surface area contributed by atoms with E-state index in [1.807, 2.05) is 5.32 Å². The zero-order valence-corrected chi connectivity index (χ0v) is 22.5. The molecule has 0 spiro atoms. The Labute approximate surface area is 226 Å². The highest BCUT2D eigenvalue weighted by atomic mass is 32.2. The molecule has 1 fully saturated rings. The molecule has 1 aliphatic heterocycles. The van der Waals surface area contributed by atoms with Gasteiger partial charge in [0.25, 0.3) is 0 Å². The lowest BCUT2D eigenvalue weighted by Gasteiger charge is -2.18. The molecule has 2 heterocycles. The van der Waals surface area contributed by atoms with Gasteiger partial charge in [0.2, 0.25) is 11.8 Å². The number of phosphoric ester groups is 1. The molecule has 0 bridgehead atoms. The number of phosphoric acid groups is 1. The number of carboxylic acid groups (broad SMARTS) is 1. The smallest absolute Gasteiger partial charge is 0.472 e. The van der Waals surface area contributed by atoms with Crippen LogP contribution in [0.25, 0.3) is 0 Å². The molecule has 0 saturated carbocycles. The summed E-state index contributed by atoms with van der Waals surface area (Å²) in [6, 6.07) is -0.362. The maximum absolute atomic E-state index is 12.5. The number of nitrogens with two attached hydrogens (primary N) is 1. The van der Waals surface area contributed by atoms with E-state index in [1.165, 1.54) is 12.3 Å². The van der Waals surface area contributed by atoms with Gasteiger partial charge in [-0.3, -0.25) is 28.0 Å². The van der Waals surface area contributed by atoms with Gasteiger partial charge in [-0.25, -0.2) is 17.8 Å². The second-order valence-corrected chi connectivity index (χ2v) is 11.7. The normalized spacial score (nSPS) is 19.3. The summed E-state index contributed by atoms with van der Waals surface area (Å²) in [6.45, 7) is -2.47. The number of amides is 2. The Kier molecular flexibility index (Phi) is 12.3. The van der Waals surface area contributed by atoms with Gasteiger partial charge in [-0.15, -0.1) is 0 Å². The molecule has 0 aliphatic carbocycles. The van der Waals surface area contributed by atoms with Crippen molar-refractivity contribution in [3.8, 4) is 0 Å². The SMILES string of the molecule is Nc1ccn(C2COC(COP(=O)(O)OCCS(=O)(=O)CC(NC(=O)CCC=O)C(=O)NCC(=O)O)O2)c(=O)n1. The van der Waals surface area contributed by atoms with E-state index in [0.717, 1.165) is 4.57 Å². The topological polar surface area (TPSA) is 282 Å². The van der Waals surface area contributed by atoms with Crippen LogP contribution in [0.3, 0.4) is 0 Å². The van der Waals surface area contributed by atoms with Crippen molar-refractivity contribution in [1.29, 1.82) is 0 Å². The van der Waals surface area contributed by atoms with Gasteiger partial charge in [-0.05, 0) is 6.07 Å². The third kappa shape index (κ3) is 11.5. The molecule has 0 radical (unpaired) electrons. The highest BCUT2D eigenvalue weighted by molar-refractivity contribution is 7.91. The van der Waals surface area contributed by atoms with Crippen molar-refractivity contribution in [2.75, 3.05) is 43.6 Å². The minimum Gasteiger partial charge on any atom is -0.480 e. The number of ether oxygens (including phenoxy) is 2. The van der Waals surface area contributed by atoms with E-state index >= 15 is 0 Å². The van der Waals surface area contributed by atoms with Crippen LogP contribution in [0.1, 0.15) is 19.1 Å². The van der Waals surface area contributed by atoms with Crippen molar-refractivity contribution in [3.63, 3.8) is 0 Å². The minimum absolute atomic E-state index is 0.00301. The van der Waals surface area contributed by atoms with Crippen LogP contribution >= 0.6 is 7.82 Å². The van der Waals surface area contributed by atoms with E-state index in [4.69, 9.17) is 24.8 Å². The number of carbonyl (C=O) groups is 4. The molecule has 6 N–H and O–H groups in total. The molecule has 21 heteroatoms. The lowest BCUT2D eigenvalue weighted by molar-refractivity contribution is -0.138. The fourth-order valence-electron chi connectivity index (χ4n) is 3.06. The van der Waals surface area contributed by atoms with Crippen LogP contribution in [0.4, 0.5) is 5.82 Å². The summed E-state index contributed by atoms with van der Waals surface area (Å²) in [4.78, 5) is 70.5. The summed E-state index contributed by atoms with van der Waals surface area (Å²) < 4.78 is 58.2. The van der Waals surface area contributed by atoms with Crippen molar-refractivity contribution in [1.82, 2.24) is 20.2 Å². The first-order valence-electron chi connectivity index (χ1n) is 11.4. The van der Waals surface area contributed by atoms with E-state index < -0.39 is 91.0 Å². The molecule has 2 amide bonds. The summed E-state index contributed by atoms with van der Waals surface area (Å²) in [5.74, 6) is -5.27. The number of nitrogen functional groups attached to an aromatic ring is 1. The highest BCUT2D eigenvalue weighted by Gasteiger charge is 2.33. The molecule has 40 heavy (non-hydrogen) atoms. The zero-order valence-electron chi connectivity index (χ0n) is 20.7. The highest BCUT2D eigenvalue weighted by Crippen LogP contribution is 2.43. The number of carboxylic acids is 1. The Hall–Kier alpha value is -3.26. The van der Waals surface area contributed by atoms with Crippen LogP contribution in [0.2, 0.25) is 0 Å². The Morgan fingerprint density at radius 1 is 1.35 bits per heavy atom. The van der Waals surface area contributed by atoms with Gasteiger partial charge in [0, 0.05) is 19.0 Å². The molecule has 4 atom stereocenters. The average Bonchev–Trinajstić information content (AvgIpc) is 3.32. The number of nitrogens with zero attached hydrogens (tertiary/aromatic N) is 2. The van der Waals surface area contributed by atoms with Crippen LogP contribution in [0, 0.1) is 0 Å². The fraction of sp³-hybridized carbons (Fsp3) is 0.579. The molecular formula is C19H28N5O14PS. The maximum Gasteiger partial charge on any atom is 0.472 e. The van der Waals surface area contributed by atoms with Crippen molar-refractivity contribution in [2.24, 2.45) is 0 Å². The summed E-state index contributed by atoms with van der Waals surface area (Å²) >= 11 is 0. The van der Waals surface area contributed by atoms with Gasteiger partial charge in [0.15, 0.2) is 22.4 Å². The van der Waals surface area contributed by atoms with Gasteiger partial charge in [0.1, 0.15) is 31.3 Å². The molecule has 1 aliphatic rings. The first-order chi connectivity index (χ1) is 18.7. The Bertz CT molecular complexity index is 1290. The molecule has 0 aromatic carbocycles. The van der Waals surface area contributed by atoms with Crippen molar-refractivity contribution >= 4 is 47.5 Å². The van der Waals surface area contributed by atoms with Gasteiger partial charge in [-0.2, -0.15) is 4.98 Å². The van der Waals surface area contributed by atoms with E-state index in [9.17, 15) is 41.8 Å². The third-order valence-electron chi connectivity index (χ3n) is 4.89. The first-order valence-corrected chi connectivity index (χ1v) is 14.7. The van der Waals surface area contributed by atoms with Crippen molar-refractivity contribution in [2.45, 2.75) is 31.4 Å². The molecule has 1 aromatic rings. The van der Waals surface area contributed by atoms with Crippen LogP contribution in [-0.4, -0.2) is 102 Å². The predicted octanol–water partition coefficient (Wildman–Crippen LogP) is -3.09. The standard InChI is InChI=1S/C19H28N5O14PS/c20-13-3-4-24(19(30)23-13)15-9-35-17(38-15)10-37-39(31,32)36-6-7-40(33,34)11-12(18(29)21-8-16(27)28)22-14(26)2-1-5-25/h3-5,12,15,17H,1-2,6-11H2,(H,21,29)(H,22,26)(H,27,28)(H,31,32)(H2,20,23,30). The third-order valence-corrected chi connectivity index (χ3v) is 7.51.